The lowest BCUT2D eigenvalue weighted by molar-refractivity contribution is -0.00474. The molecular formula is C16H32O. The van der Waals surface area contributed by atoms with Crippen LogP contribution in [0.3, 0.4) is 0 Å². The van der Waals surface area contributed by atoms with Crippen molar-refractivity contribution >= 4 is 0 Å². The van der Waals surface area contributed by atoms with Gasteiger partial charge in [0.2, 0.25) is 0 Å². The van der Waals surface area contributed by atoms with E-state index in [1.165, 1.54) is 51.4 Å². The van der Waals surface area contributed by atoms with Gasteiger partial charge in [0.15, 0.2) is 0 Å². The Morgan fingerprint density at radius 2 is 1.35 bits per heavy atom. The second kappa shape index (κ2) is 10.8. The van der Waals surface area contributed by atoms with Gasteiger partial charge in [-0.15, -0.1) is 0 Å². The summed E-state index contributed by atoms with van der Waals surface area (Å²) in [6.45, 7) is 9.39. The van der Waals surface area contributed by atoms with Crippen molar-refractivity contribution in [2.75, 3.05) is 6.61 Å². The molecule has 0 unspecified atom stereocenters. The molecule has 0 amide bonds. The fourth-order valence-corrected chi connectivity index (χ4v) is 1.79. The molecular weight excluding hydrogens is 208 g/mol. The summed E-state index contributed by atoms with van der Waals surface area (Å²) in [5.74, 6) is 0. The third-order valence-electron chi connectivity index (χ3n) is 2.79. The average molecular weight is 240 g/mol. The zero-order valence-corrected chi connectivity index (χ0v) is 12.4. The lowest BCUT2D eigenvalue weighted by Gasteiger charge is -2.19. The predicted molar refractivity (Wildman–Crippen MR) is 77.5 cm³/mol. The van der Waals surface area contributed by atoms with Gasteiger partial charge in [0, 0.05) is 6.61 Å². The van der Waals surface area contributed by atoms with Crippen LogP contribution in [0.15, 0.2) is 12.2 Å². The van der Waals surface area contributed by atoms with Crippen LogP contribution in [-0.2, 0) is 4.74 Å². The summed E-state index contributed by atoms with van der Waals surface area (Å²) < 4.78 is 5.69. The van der Waals surface area contributed by atoms with Crippen LogP contribution in [0.2, 0.25) is 0 Å². The van der Waals surface area contributed by atoms with Crippen LogP contribution >= 0.6 is 0 Å². The molecule has 17 heavy (non-hydrogen) atoms. The Labute approximate surface area is 109 Å². The first-order valence-electron chi connectivity index (χ1n) is 7.31. The molecule has 0 bridgehead atoms. The van der Waals surface area contributed by atoms with Gasteiger partial charge in [0.05, 0.1) is 5.60 Å². The summed E-state index contributed by atoms with van der Waals surface area (Å²) >= 11 is 0. The highest BCUT2D eigenvalue weighted by atomic mass is 16.5. The summed E-state index contributed by atoms with van der Waals surface area (Å²) in [6.07, 6.45) is 15.1. The Morgan fingerprint density at radius 1 is 0.824 bits per heavy atom. The molecule has 1 nitrogen and oxygen atoms in total. The molecule has 0 rings (SSSR count). The maximum atomic E-state index is 5.69. The first-order valence-corrected chi connectivity index (χ1v) is 7.31. The van der Waals surface area contributed by atoms with Crippen molar-refractivity contribution in [3.05, 3.63) is 12.2 Å². The SMILES string of the molecule is C/C=C/CCCCCCCCCOC(C)(C)C. The lowest BCUT2D eigenvalue weighted by atomic mass is 10.1. The number of allylic oxidation sites excluding steroid dienone is 2. The molecule has 0 aromatic rings. The van der Waals surface area contributed by atoms with Crippen LogP contribution in [0, 0.1) is 0 Å². The average Bonchev–Trinajstić information content (AvgIpc) is 2.24. The van der Waals surface area contributed by atoms with Crippen LogP contribution < -0.4 is 0 Å². The maximum absolute atomic E-state index is 5.69. The van der Waals surface area contributed by atoms with Crippen LogP contribution in [0.4, 0.5) is 0 Å². The topological polar surface area (TPSA) is 9.23 Å². The first-order chi connectivity index (χ1) is 8.06. The summed E-state index contributed by atoms with van der Waals surface area (Å²) in [4.78, 5) is 0. The van der Waals surface area contributed by atoms with E-state index >= 15 is 0 Å². The minimum Gasteiger partial charge on any atom is -0.376 e. The second-order valence-electron chi connectivity index (χ2n) is 5.79. The molecule has 0 spiro atoms. The highest BCUT2D eigenvalue weighted by molar-refractivity contribution is 4.76. The van der Waals surface area contributed by atoms with E-state index < -0.39 is 0 Å². The van der Waals surface area contributed by atoms with E-state index in [0.29, 0.717) is 0 Å². The van der Waals surface area contributed by atoms with E-state index in [1.54, 1.807) is 0 Å². The van der Waals surface area contributed by atoms with E-state index in [0.717, 1.165) is 6.61 Å². The van der Waals surface area contributed by atoms with Gasteiger partial charge in [0.1, 0.15) is 0 Å². The van der Waals surface area contributed by atoms with E-state index in [-0.39, 0.29) is 5.60 Å². The van der Waals surface area contributed by atoms with Crippen LogP contribution in [0.5, 0.6) is 0 Å². The molecule has 1 heteroatoms. The van der Waals surface area contributed by atoms with Crippen molar-refractivity contribution in [1.29, 1.82) is 0 Å². The smallest absolute Gasteiger partial charge is 0.0598 e. The molecule has 102 valence electrons. The normalized spacial score (nSPS) is 12.5. The standard InChI is InChI=1S/C16H32O/c1-5-6-7-8-9-10-11-12-13-14-15-17-16(2,3)4/h5-6H,7-15H2,1-4H3/b6-5+. The fourth-order valence-electron chi connectivity index (χ4n) is 1.79. The van der Waals surface area contributed by atoms with Crippen molar-refractivity contribution in [3.8, 4) is 0 Å². The van der Waals surface area contributed by atoms with E-state index in [4.69, 9.17) is 4.74 Å². The number of hydrogen-bond donors (Lipinski definition) is 0. The van der Waals surface area contributed by atoms with Gasteiger partial charge in [-0.2, -0.15) is 0 Å². The molecule has 0 N–H and O–H groups in total. The summed E-state index contributed by atoms with van der Waals surface area (Å²) in [5.41, 5.74) is 0.0345. The van der Waals surface area contributed by atoms with Gasteiger partial charge in [-0.1, -0.05) is 44.3 Å². The maximum Gasteiger partial charge on any atom is 0.0598 e. The minimum atomic E-state index is 0.0345. The lowest BCUT2D eigenvalue weighted by Crippen LogP contribution is -2.19. The second-order valence-corrected chi connectivity index (χ2v) is 5.79. The molecule has 0 atom stereocenters. The third-order valence-corrected chi connectivity index (χ3v) is 2.79. The van der Waals surface area contributed by atoms with Crippen LogP contribution in [0.25, 0.3) is 0 Å². The van der Waals surface area contributed by atoms with E-state index in [2.05, 4.69) is 39.8 Å². The zero-order valence-electron chi connectivity index (χ0n) is 12.4. The van der Waals surface area contributed by atoms with Crippen molar-refractivity contribution < 1.29 is 4.74 Å². The molecule has 0 aliphatic carbocycles. The van der Waals surface area contributed by atoms with Gasteiger partial charge in [-0.25, -0.2) is 0 Å². The summed E-state index contributed by atoms with van der Waals surface area (Å²) in [6, 6.07) is 0. The molecule has 0 aromatic carbocycles. The number of hydrogen-bond acceptors (Lipinski definition) is 1. The van der Waals surface area contributed by atoms with Crippen LogP contribution in [0.1, 0.15) is 79.1 Å². The van der Waals surface area contributed by atoms with Crippen LogP contribution in [-0.4, -0.2) is 12.2 Å². The quantitative estimate of drug-likeness (QED) is 0.362. The molecule has 0 radical (unpaired) electrons. The number of ether oxygens (including phenoxy) is 1. The van der Waals surface area contributed by atoms with Crippen molar-refractivity contribution in [2.24, 2.45) is 0 Å². The number of unbranched alkanes of at least 4 members (excludes halogenated alkanes) is 7. The Kier molecular flexibility index (Phi) is 10.6. The zero-order chi connectivity index (χ0) is 13.0. The van der Waals surface area contributed by atoms with Gasteiger partial charge in [0.25, 0.3) is 0 Å². The van der Waals surface area contributed by atoms with Crippen molar-refractivity contribution in [3.63, 3.8) is 0 Å². The highest BCUT2D eigenvalue weighted by Crippen LogP contribution is 2.11. The Morgan fingerprint density at radius 3 is 1.88 bits per heavy atom. The van der Waals surface area contributed by atoms with Gasteiger partial charge in [-0.3, -0.25) is 0 Å². The summed E-state index contributed by atoms with van der Waals surface area (Å²) in [5, 5.41) is 0. The predicted octanol–water partition coefficient (Wildman–Crippen LogP) is 5.50. The van der Waals surface area contributed by atoms with E-state index in [9.17, 15) is 0 Å². The monoisotopic (exact) mass is 240 g/mol. The van der Waals surface area contributed by atoms with Crippen molar-refractivity contribution in [1.82, 2.24) is 0 Å². The van der Waals surface area contributed by atoms with Gasteiger partial charge in [-0.05, 0) is 47.0 Å². The Bertz CT molecular complexity index is 176. The first kappa shape index (κ1) is 16.7. The molecule has 0 heterocycles. The molecule has 0 aliphatic heterocycles. The van der Waals surface area contributed by atoms with Gasteiger partial charge >= 0.3 is 0 Å². The van der Waals surface area contributed by atoms with Crippen molar-refractivity contribution in [2.45, 2.75) is 84.7 Å². The largest absolute Gasteiger partial charge is 0.376 e. The fraction of sp³-hybridized carbons (Fsp3) is 0.875. The number of rotatable bonds is 10. The third kappa shape index (κ3) is 15.7. The minimum absolute atomic E-state index is 0.0345. The molecule has 0 fully saturated rings. The molecule has 0 aromatic heterocycles. The Hall–Kier alpha value is -0.300. The molecule has 0 saturated carbocycles. The van der Waals surface area contributed by atoms with Gasteiger partial charge < -0.3 is 4.74 Å². The molecule has 0 saturated heterocycles. The highest BCUT2D eigenvalue weighted by Gasteiger charge is 2.08. The van der Waals surface area contributed by atoms with E-state index in [1.807, 2.05) is 0 Å². The molecule has 0 aliphatic rings. The summed E-state index contributed by atoms with van der Waals surface area (Å²) in [7, 11) is 0. The Balaban J connectivity index is 3.04.